The number of benzene rings is 1. The quantitative estimate of drug-likeness (QED) is 0.756. The zero-order valence-corrected chi connectivity index (χ0v) is 12.0. The largest absolute Gasteiger partial charge is 0.252 e. The number of halogens is 3. The maximum absolute atomic E-state index is 6.21. The van der Waals surface area contributed by atoms with Gasteiger partial charge in [0.15, 0.2) is 0 Å². The molecule has 0 aliphatic carbocycles. The molecule has 1 heterocycles. The van der Waals surface area contributed by atoms with Gasteiger partial charge in [0, 0.05) is 15.6 Å². The third-order valence-corrected chi connectivity index (χ3v) is 3.25. The Labute approximate surface area is 115 Å². The minimum atomic E-state index is 0. The molecule has 0 fully saturated rings. The van der Waals surface area contributed by atoms with Gasteiger partial charge >= 0.3 is 0 Å². The van der Waals surface area contributed by atoms with Crippen molar-refractivity contribution in [3.63, 3.8) is 0 Å². The number of para-hydroxylation sites is 1. The van der Waals surface area contributed by atoms with E-state index in [1.807, 2.05) is 24.3 Å². The summed E-state index contributed by atoms with van der Waals surface area (Å²) < 4.78 is 1.000. The van der Waals surface area contributed by atoms with Crippen molar-refractivity contribution in [2.24, 2.45) is 0 Å². The van der Waals surface area contributed by atoms with Crippen LogP contribution in [0, 0.1) is 0 Å². The van der Waals surface area contributed by atoms with E-state index in [4.69, 9.17) is 11.6 Å². The summed E-state index contributed by atoms with van der Waals surface area (Å²) in [7, 11) is 0. The van der Waals surface area contributed by atoms with Crippen LogP contribution in [0.5, 0.6) is 0 Å². The minimum Gasteiger partial charge on any atom is -0.252 e. The van der Waals surface area contributed by atoms with Crippen LogP contribution in [0.15, 0.2) is 28.7 Å². The van der Waals surface area contributed by atoms with Crippen LogP contribution in [0.4, 0.5) is 0 Å². The van der Waals surface area contributed by atoms with Crippen molar-refractivity contribution >= 4 is 50.8 Å². The van der Waals surface area contributed by atoms with Gasteiger partial charge < -0.3 is 0 Å². The van der Waals surface area contributed by atoms with Gasteiger partial charge in [0.1, 0.15) is 0 Å². The average molecular weight is 321 g/mol. The second-order valence-electron chi connectivity index (χ2n) is 3.48. The molecule has 2 rings (SSSR count). The van der Waals surface area contributed by atoms with Crippen molar-refractivity contribution in [2.75, 3.05) is 0 Å². The van der Waals surface area contributed by atoms with Crippen molar-refractivity contribution in [1.82, 2.24) is 4.98 Å². The van der Waals surface area contributed by atoms with E-state index in [9.17, 15) is 0 Å². The molecule has 0 atom stereocenters. The lowest BCUT2D eigenvalue weighted by Gasteiger charge is -2.05. The maximum Gasteiger partial charge on any atom is 0.0862 e. The Morgan fingerprint density at radius 2 is 2.12 bits per heavy atom. The zero-order chi connectivity index (χ0) is 10.8. The molecule has 0 amide bonds. The third-order valence-electron chi connectivity index (χ3n) is 2.30. The fourth-order valence-corrected chi connectivity index (χ4v) is 2.34. The second kappa shape index (κ2) is 5.85. The monoisotopic (exact) mass is 319 g/mol. The van der Waals surface area contributed by atoms with Crippen molar-refractivity contribution in [1.29, 1.82) is 0 Å². The summed E-state index contributed by atoms with van der Waals surface area (Å²) in [5.74, 6) is 0. The lowest BCUT2D eigenvalue weighted by atomic mass is 10.1. The highest BCUT2D eigenvalue weighted by Crippen LogP contribution is 2.28. The Balaban J connectivity index is 0.00000128. The van der Waals surface area contributed by atoms with Crippen LogP contribution in [0.25, 0.3) is 10.9 Å². The predicted molar refractivity (Wildman–Crippen MR) is 75.7 cm³/mol. The molecule has 1 aromatic carbocycles. The number of rotatable bonds is 2. The number of pyridine rings is 1. The molecular formula is C12H12BrCl2N. The molecule has 4 heteroatoms. The molecule has 0 bridgehead atoms. The van der Waals surface area contributed by atoms with Crippen LogP contribution in [0.3, 0.4) is 0 Å². The molecule has 2 aromatic rings. The highest BCUT2D eigenvalue weighted by atomic mass is 79.9. The molecule has 0 spiro atoms. The summed E-state index contributed by atoms with van der Waals surface area (Å²) in [6.07, 6.45) is 2.05. The molecule has 0 aliphatic rings. The molecule has 0 aliphatic heterocycles. The smallest absolute Gasteiger partial charge is 0.0862 e. The molecule has 1 nitrogen and oxygen atoms in total. The average Bonchev–Trinajstić information content (AvgIpc) is 2.20. The summed E-state index contributed by atoms with van der Waals surface area (Å²) >= 11 is 9.70. The maximum atomic E-state index is 6.21. The Bertz CT molecular complexity index is 500. The van der Waals surface area contributed by atoms with E-state index in [2.05, 4.69) is 27.8 Å². The Kier molecular flexibility index (Phi) is 5.03. The first-order valence-corrected chi connectivity index (χ1v) is 6.13. The van der Waals surface area contributed by atoms with Crippen molar-refractivity contribution in [3.8, 4) is 0 Å². The first kappa shape index (κ1) is 13.8. The van der Waals surface area contributed by atoms with Gasteiger partial charge in [-0.05, 0) is 34.5 Å². The van der Waals surface area contributed by atoms with Gasteiger partial charge in [-0.15, -0.1) is 12.4 Å². The normalized spacial score (nSPS) is 10.2. The summed E-state index contributed by atoms with van der Waals surface area (Å²) in [5, 5.41) is 1.79. The fraction of sp³-hybridized carbons (Fsp3) is 0.250. The number of aromatic nitrogens is 1. The van der Waals surface area contributed by atoms with Crippen LogP contribution in [-0.4, -0.2) is 4.98 Å². The first-order chi connectivity index (χ1) is 7.22. The zero-order valence-electron chi connectivity index (χ0n) is 8.84. The van der Waals surface area contributed by atoms with Crippen LogP contribution in [-0.2, 0) is 6.42 Å². The molecule has 0 N–H and O–H groups in total. The number of aryl methyl sites for hydroxylation is 1. The van der Waals surface area contributed by atoms with Crippen LogP contribution in [0.2, 0.25) is 5.02 Å². The molecule has 16 heavy (non-hydrogen) atoms. The molecule has 0 saturated carbocycles. The summed E-state index contributed by atoms with van der Waals surface area (Å²) in [6, 6.07) is 7.91. The van der Waals surface area contributed by atoms with E-state index in [-0.39, 0.29) is 12.4 Å². The Morgan fingerprint density at radius 3 is 2.81 bits per heavy atom. The Hall–Kier alpha value is -0.310. The summed E-state index contributed by atoms with van der Waals surface area (Å²) in [4.78, 5) is 4.59. The fourth-order valence-electron chi connectivity index (χ4n) is 1.61. The van der Waals surface area contributed by atoms with Crippen molar-refractivity contribution in [2.45, 2.75) is 19.8 Å². The van der Waals surface area contributed by atoms with Gasteiger partial charge in [-0.3, -0.25) is 4.98 Å². The molecular weight excluding hydrogens is 309 g/mol. The molecule has 0 saturated heterocycles. The molecule has 86 valence electrons. The topological polar surface area (TPSA) is 12.9 Å². The van der Waals surface area contributed by atoms with Crippen LogP contribution in [0.1, 0.15) is 19.0 Å². The lowest BCUT2D eigenvalue weighted by molar-refractivity contribution is 0.889. The van der Waals surface area contributed by atoms with E-state index in [0.29, 0.717) is 0 Å². The van der Waals surface area contributed by atoms with Gasteiger partial charge in [0.05, 0.1) is 10.5 Å². The van der Waals surface area contributed by atoms with E-state index in [1.165, 1.54) is 0 Å². The van der Waals surface area contributed by atoms with Gasteiger partial charge in [-0.1, -0.05) is 37.1 Å². The van der Waals surface area contributed by atoms with Gasteiger partial charge in [0.2, 0.25) is 0 Å². The third kappa shape index (κ3) is 2.68. The van der Waals surface area contributed by atoms with Gasteiger partial charge in [0.25, 0.3) is 0 Å². The predicted octanol–water partition coefficient (Wildman–Crippen LogP) is 5.03. The SMILES string of the molecule is CCCc1cc(Cl)c2cccc(Br)c2n1.Cl. The van der Waals surface area contributed by atoms with Crippen LogP contribution < -0.4 is 0 Å². The van der Waals surface area contributed by atoms with E-state index in [0.717, 1.165) is 38.9 Å². The summed E-state index contributed by atoms with van der Waals surface area (Å²) in [6.45, 7) is 2.14. The van der Waals surface area contributed by atoms with E-state index < -0.39 is 0 Å². The first-order valence-electron chi connectivity index (χ1n) is 4.96. The second-order valence-corrected chi connectivity index (χ2v) is 4.74. The lowest BCUT2D eigenvalue weighted by Crippen LogP contribution is -1.91. The number of hydrogen-bond acceptors (Lipinski definition) is 1. The van der Waals surface area contributed by atoms with Gasteiger partial charge in [-0.25, -0.2) is 0 Å². The summed E-state index contributed by atoms with van der Waals surface area (Å²) in [5.41, 5.74) is 2.01. The van der Waals surface area contributed by atoms with Crippen molar-refractivity contribution < 1.29 is 0 Å². The number of nitrogens with zero attached hydrogens (tertiary/aromatic N) is 1. The van der Waals surface area contributed by atoms with Crippen LogP contribution >= 0.6 is 39.9 Å². The number of hydrogen-bond donors (Lipinski definition) is 0. The molecule has 1 aromatic heterocycles. The molecule has 0 radical (unpaired) electrons. The highest BCUT2D eigenvalue weighted by molar-refractivity contribution is 9.10. The number of fused-ring (bicyclic) bond motifs is 1. The van der Waals surface area contributed by atoms with E-state index in [1.54, 1.807) is 0 Å². The van der Waals surface area contributed by atoms with Crippen molar-refractivity contribution in [3.05, 3.63) is 39.5 Å². The standard InChI is InChI=1S/C12H11BrClN.ClH/c1-2-4-8-7-11(14)9-5-3-6-10(13)12(9)15-8;/h3,5-7H,2,4H2,1H3;1H. The minimum absolute atomic E-state index is 0. The van der Waals surface area contributed by atoms with Gasteiger partial charge in [-0.2, -0.15) is 0 Å². The Morgan fingerprint density at radius 1 is 1.38 bits per heavy atom. The highest BCUT2D eigenvalue weighted by Gasteiger charge is 2.05. The molecule has 0 unspecified atom stereocenters. The van der Waals surface area contributed by atoms with E-state index >= 15 is 0 Å².